The van der Waals surface area contributed by atoms with E-state index in [4.69, 9.17) is 23.2 Å². The van der Waals surface area contributed by atoms with Gasteiger partial charge in [0.15, 0.2) is 0 Å². The first-order valence-corrected chi connectivity index (χ1v) is 8.28. The molecule has 2 N–H and O–H groups in total. The summed E-state index contributed by atoms with van der Waals surface area (Å²) in [5.74, 6) is -0.744. The number of hydrogen-bond acceptors (Lipinski definition) is 4. The summed E-state index contributed by atoms with van der Waals surface area (Å²) >= 11 is 11.9. The number of amides is 2. The molecule has 0 saturated heterocycles. The highest BCUT2D eigenvalue weighted by atomic mass is 35.5. The maximum atomic E-state index is 12.3. The van der Waals surface area contributed by atoms with E-state index in [-0.39, 0.29) is 11.6 Å². The highest BCUT2D eigenvalue weighted by Gasteiger charge is 2.13. The zero-order chi connectivity index (χ0) is 18.4. The molecule has 0 radical (unpaired) electrons. The number of carbonyl (C=O) groups excluding carboxylic acids is 2. The van der Waals surface area contributed by atoms with Crippen LogP contribution in [0.25, 0.3) is 0 Å². The number of nitrogens with zero attached hydrogens (tertiary/aromatic N) is 2. The maximum Gasteiger partial charge on any atom is 0.274 e. The molecule has 25 heavy (non-hydrogen) atoms. The number of nitrogens with one attached hydrogen (secondary N) is 2. The van der Waals surface area contributed by atoms with Crippen molar-refractivity contribution in [3.63, 3.8) is 0 Å². The number of pyridine rings is 1. The largest absolute Gasteiger partial charge is 0.351 e. The minimum atomic E-state index is -0.480. The Kier molecular flexibility index (Phi) is 6.75. The number of halogens is 2. The average molecular weight is 381 g/mol. The van der Waals surface area contributed by atoms with Crippen LogP contribution in [-0.4, -0.2) is 48.9 Å². The van der Waals surface area contributed by atoms with Gasteiger partial charge in [-0.15, -0.1) is 0 Å². The fourth-order valence-electron chi connectivity index (χ4n) is 1.97. The molecular formula is C17H18Cl2N4O2. The molecule has 1 heterocycles. The standard InChI is InChI=1S/C17H18Cl2N4O2/c1-23(2)8-7-21-16(24)11-5-6-20-15(9-11)17(25)22-14-10-12(18)3-4-13(14)19/h3-6,9-10H,7-8H2,1-2H3,(H,21,24)(H,22,25). The maximum absolute atomic E-state index is 12.3. The smallest absolute Gasteiger partial charge is 0.274 e. The molecule has 0 aliphatic heterocycles. The van der Waals surface area contributed by atoms with Crippen LogP contribution in [0.2, 0.25) is 10.0 Å². The first-order valence-electron chi connectivity index (χ1n) is 7.52. The summed E-state index contributed by atoms with van der Waals surface area (Å²) in [5.41, 5.74) is 0.842. The lowest BCUT2D eigenvalue weighted by molar-refractivity contribution is 0.0951. The highest BCUT2D eigenvalue weighted by Crippen LogP contribution is 2.25. The summed E-state index contributed by atoms with van der Waals surface area (Å²) in [5, 5.41) is 6.22. The van der Waals surface area contributed by atoms with Crippen LogP contribution >= 0.6 is 23.2 Å². The van der Waals surface area contributed by atoms with Crippen LogP contribution < -0.4 is 10.6 Å². The van der Waals surface area contributed by atoms with Crippen molar-refractivity contribution in [2.45, 2.75) is 0 Å². The lowest BCUT2D eigenvalue weighted by atomic mass is 10.2. The van der Waals surface area contributed by atoms with Gasteiger partial charge in [0.25, 0.3) is 11.8 Å². The Bertz CT molecular complexity index is 781. The average Bonchev–Trinajstić information content (AvgIpc) is 2.57. The third-order valence-corrected chi connectivity index (χ3v) is 3.84. The second-order valence-corrected chi connectivity index (χ2v) is 6.41. The summed E-state index contributed by atoms with van der Waals surface area (Å²) in [6.45, 7) is 1.23. The highest BCUT2D eigenvalue weighted by molar-refractivity contribution is 6.35. The van der Waals surface area contributed by atoms with E-state index in [0.717, 1.165) is 6.54 Å². The van der Waals surface area contributed by atoms with Crippen molar-refractivity contribution in [2.75, 3.05) is 32.5 Å². The molecule has 0 atom stereocenters. The Morgan fingerprint density at radius 2 is 1.88 bits per heavy atom. The van der Waals surface area contributed by atoms with Crippen LogP contribution in [0.5, 0.6) is 0 Å². The summed E-state index contributed by atoms with van der Waals surface area (Å²) < 4.78 is 0. The van der Waals surface area contributed by atoms with Crippen molar-refractivity contribution in [1.29, 1.82) is 0 Å². The van der Waals surface area contributed by atoms with Crippen LogP contribution in [0.3, 0.4) is 0 Å². The molecule has 0 saturated carbocycles. The van der Waals surface area contributed by atoms with Crippen molar-refractivity contribution < 1.29 is 9.59 Å². The van der Waals surface area contributed by atoms with Crippen LogP contribution in [-0.2, 0) is 0 Å². The van der Waals surface area contributed by atoms with Gasteiger partial charge in [-0.25, -0.2) is 0 Å². The predicted octanol–water partition coefficient (Wildman–Crippen LogP) is 2.93. The van der Waals surface area contributed by atoms with E-state index in [2.05, 4.69) is 15.6 Å². The van der Waals surface area contributed by atoms with Crippen molar-refractivity contribution in [1.82, 2.24) is 15.2 Å². The lowest BCUT2D eigenvalue weighted by Crippen LogP contribution is -2.31. The molecule has 2 rings (SSSR count). The minimum Gasteiger partial charge on any atom is -0.351 e. The van der Waals surface area contributed by atoms with Crippen molar-refractivity contribution >= 4 is 40.7 Å². The van der Waals surface area contributed by atoms with Gasteiger partial charge in [0.05, 0.1) is 10.7 Å². The van der Waals surface area contributed by atoms with E-state index in [1.165, 1.54) is 12.3 Å². The van der Waals surface area contributed by atoms with Gasteiger partial charge in [-0.05, 0) is 44.4 Å². The first kappa shape index (κ1) is 19.2. The predicted molar refractivity (Wildman–Crippen MR) is 99.5 cm³/mol. The number of rotatable bonds is 6. The molecular weight excluding hydrogens is 363 g/mol. The third-order valence-electron chi connectivity index (χ3n) is 3.28. The van der Waals surface area contributed by atoms with E-state index in [1.807, 2.05) is 19.0 Å². The first-order chi connectivity index (χ1) is 11.9. The van der Waals surface area contributed by atoms with Gasteiger partial charge < -0.3 is 15.5 Å². The van der Waals surface area contributed by atoms with Crippen molar-refractivity contribution in [3.8, 4) is 0 Å². The number of benzene rings is 1. The van der Waals surface area contributed by atoms with Crippen molar-refractivity contribution in [3.05, 3.63) is 57.8 Å². The second-order valence-electron chi connectivity index (χ2n) is 5.57. The SMILES string of the molecule is CN(C)CCNC(=O)c1ccnc(C(=O)Nc2cc(Cl)ccc2Cl)c1. The van der Waals surface area contributed by atoms with Crippen LogP contribution in [0.4, 0.5) is 5.69 Å². The van der Waals surface area contributed by atoms with E-state index in [0.29, 0.717) is 27.8 Å². The molecule has 0 aliphatic carbocycles. The van der Waals surface area contributed by atoms with Crippen LogP contribution in [0, 0.1) is 0 Å². The number of carbonyl (C=O) groups is 2. The molecule has 2 aromatic rings. The van der Waals surface area contributed by atoms with Gasteiger partial charge in [0.2, 0.25) is 0 Å². The summed E-state index contributed by atoms with van der Waals surface area (Å²) in [6.07, 6.45) is 1.41. The lowest BCUT2D eigenvalue weighted by Gasteiger charge is -2.11. The Morgan fingerprint density at radius 1 is 1.12 bits per heavy atom. The second kappa shape index (κ2) is 8.80. The monoisotopic (exact) mass is 380 g/mol. The Morgan fingerprint density at radius 3 is 2.60 bits per heavy atom. The molecule has 132 valence electrons. The minimum absolute atomic E-state index is 0.108. The quantitative estimate of drug-likeness (QED) is 0.807. The van der Waals surface area contributed by atoms with E-state index >= 15 is 0 Å². The van der Waals surface area contributed by atoms with Crippen molar-refractivity contribution in [2.24, 2.45) is 0 Å². The Balaban J connectivity index is 2.08. The molecule has 8 heteroatoms. The molecule has 0 unspecified atom stereocenters. The number of anilines is 1. The molecule has 0 aliphatic rings. The number of likely N-dealkylation sites (N-methyl/N-ethyl adjacent to an activating group) is 1. The van der Waals surface area contributed by atoms with Gasteiger partial charge in [-0.2, -0.15) is 0 Å². The molecule has 1 aromatic heterocycles. The number of hydrogen-bond donors (Lipinski definition) is 2. The summed E-state index contributed by atoms with van der Waals surface area (Å²) in [4.78, 5) is 30.4. The third kappa shape index (κ3) is 5.70. The molecule has 0 bridgehead atoms. The Labute approximate surface area is 156 Å². The number of aromatic nitrogens is 1. The van der Waals surface area contributed by atoms with Gasteiger partial charge in [-0.1, -0.05) is 23.2 Å². The van der Waals surface area contributed by atoms with E-state index in [9.17, 15) is 9.59 Å². The zero-order valence-electron chi connectivity index (χ0n) is 13.8. The van der Waals surface area contributed by atoms with Crippen LogP contribution in [0.1, 0.15) is 20.8 Å². The summed E-state index contributed by atoms with van der Waals surface area (Å²) in [7, 11) is 3.84. The normalized spacial score (nSPS) is 10.6. The molecule has 0 spiro atoms. The summed E-state index contributed by atoms with van der Waals surface area (Å²) in [6, 6.07) is 7.73. The van der Waals surface area contributed by atoms with Crippen LogP contribution in [0.15, 0.2) is 36.5 Å². The van der Waals surface area contributed by atoms with Gasteiger partial charge >= 0.3 is 0 Å². The van der Waals surface area contributed by atoms with Gasteiger partial charge in [-0.3, -0.25) is 14.6 Å². The van der Waals surface area contributed by atoms with Gasteiger partial charge in [0.1, 0.15) is 5.69 Å². The fourth-order valence-corrected chi connectivity index (χ4v) is 2.31. The molecule has 2 amide bonds. The Hall–Kier alpha value is -2.15. The zero-order valence-corrected chi connectivity index (χ0v) is 15.4. The molecule has 1 aromatic carbocycles. The fraction of sp³-hybridized carbons (Fsp3) is 0.235. The van der Waals surface area contributed by atoms with E-state index in [1.54, 1.807) is 24.3 Å². The molecule has 0 fully saturated rings. The molecule has 6 nitrogen and oxygen atoms in total. The topological polar surface area (TPSA) is 74.3 Å². The van der Waals surface area contributed by atoms with Gasteiger partial charge in [0, 0.05) is 29.9 Å². The van der Waals surface area contributed by atoms with E-state index < -0.39 is 5.91 Å².